The number of nitrogens with zero attached hydrogens (tertiary/aromatic N) is 1. The third kappa shape index (κ3) is 1.67. The van der Waals surface area contributed by atoms with Crippen molar-refractivity contribution in [3.05, 3.63) is 33.6 Å². The molecule has 0 aliphatic heterocycles. The van der Waals surface area contributed by atoms with Gasteiger partial charge in [0.1, 0.15) is 5.75 Å². The maximum absolute atomic E-state index is 11.0. The molecule has 5 heteroatoms. The molecule has 0 saturated heterocycles. The molecule has 1 aromatic heterocycles. The zero-order valence-corrected chi connectivity index (χ0v) is 10.6. The second kappa shape index (κ2) is 4.10. The molecule has 0 spiro atoms. The third-order valence-electron chi connectivity index (χ3n) is 3.07. The average Bonchev–Trinajstić information content (AvgIpc) is 2.82. The van der Waals surface area contributed by atoms with Crippen LogP contribution in [0.2, 0.25) is 0 Å². The highest BCUT2D eigenvalue weighted by atomic mass is 32.1. The molecule has 92 valence electrons. The van der Waals surface area contributed by atoms with Crippen LogP contribution in [0.15, 0.2) is 18.2 Å². The van der Waals surface area contributed by atoms with Gasteiger partial charge in [0.05, 0.1) is 12.8 Å². The first-order chi connectivity index (χ1) is 8.69. The smallest absolute Gasteiger partial charge is 0.365 e. The lowest BCUT2D eigenvalue weighted by atomic mass is 9.93. The maximum atomic E-state index is 11.0. The molecule has 0 bridgehead atoms. The van der Waals surface area contributed by atoms with Gasteiger partial charge in [0, 0.05) is 10.4 Å². The summed E-state index contributed by atoms with van der Waals surface area (Å²) in [6, 6.07) is 5.84. The quantitative estimate of drug-likeness (QED) is 0.902. The van der Waals surface area contributed by atoms with Crippen LogP contribution in [0.4, 0.5) is 0 Å². The number of methoxy groups -OCH3 is 1. The number of rotatable bonds is 2. The summed E-state index contributed by atoms with van der Waals surface area (Å²) in [6.07, 6.45) is 1.75. The summed E-state index contributed by atoms with van der Waals surface area (Å²) >= 11 is 1.28. The number of carbonyl (C=O) groups is 1. The summed E-state index contributed by atoms with van der Waals surface area (Å²) in [5.74, 6) is -0.129. The molecule has 0 saturated carbocycles. The van der Waals surface area contributed by atoms with Gasteiger partial charge >= 0.3 is 5.97 Å². The van der Waals surface area contributed by atoms with Gasteiger partial charge in [-0.2, -0.15) is 0 Å². The molecule has 1 aliphatic carbocycles. The van der Waals surface area contributed by atoms with Crippen LogP contribution in [0.3, 0.4) is 0 Å². The Hall–Kier alpha value is -1.88. The summed E-state index contributed by atoms with van der Waals surface area (Å²) < 4.78 is 5.20. The number of aromatic carboxylic acids is 1. The number of ether oxygens (including phenoxy) is 1. The van der Waals surface area contributed by atoms with Crippen molar-refractivity contribution >= 4 is 17.3 Å². The second-order valence-corrected chi connectivity index (χ2v) is 5.20. The fraction of sp³-hybridized carbons (Fsp3) is 0.231. The molecule has 0 amide bonds. The first-order valence-electron chi connectivity index (χ1n) is 5.59. The van der Waals surface area contributed by atoms with Crippen molar-refractivity contribution in [1.29, 1.82) is 0 Å². The van der Waals surface area contributed by atoms with Gasteiger partial charge in [0.2, 0.25) is 5.01 Å². The molecule has 18 heavy (non-hydrogen) atoms. The minimum Gasteiger partial charge on any atom is -0.497 e. The van der Waals surface area contributed by atoms with E-state index in [9.17, 15) is 4.79 Å². The normalized spacial score (nSPS) is 12.7. The second-order valence-electron chi connectivity index (χ2n) is 4.12. The third-order valence-corrected chi connectivity index (χ3v) is 4.17. The van der Waals surface area contributed by atoms with Gasteiger partial charge in [-0.05, 0) is 36.6 Å². The van der Waals surface area contributed by atoms with Gasteiger partial charge in [-0.25, -0.2) is 9.78 Å². The van der Waals surface area contributed by atoms with Crippen LogP contribution in [0.5, 0.6) is 5.75 Å². The number of hydrogen-bond donors (Lipinski definition) is 1. The number of carboxylic acids is 1. The summed E-state index contributed by atoms with van der Waals surface area (Å²) in [5, 5.41) is 9.16. The molecule has 0 radical (unpaired) electrons. The van der Waals surface area contributed by atoms with Crippen molar-refractivity contribution in [3.8, 4) is 17.0 Å². The van der Waals surface area contributed by atoms with E-state index in [4.69, 9.17) is 9.84 Å². The van der Waals surface area contributed by atoms with E-state index < -0.39 is 5.97 Å². The lowest BCUT2D eigenvalue weighted by Crippen LogP contribution is -2.02. The van der Waals surface area contributed by atoms with Crippen molar-refractivity contribution in [2.75, 3.05) is 7.11 Å². The van der Waals surface area contributed by atoms with Crippen molar-refractivity contribution in [2.24, 2.45) is 0 Å². The van der Waals surface area contributed by atoms with Crippen molar-refractivity contribution in [1.82, 2.24) is 4.98 Å². The highest BCUT2D eigenvalue weighted by Crippen LogP contribution is 2.37. The fourth-order valence-corrected chi connectivity index (χ4v) is 3.12. The lowest BCUT2D eigenvalue weighted by molar-refractivity contribution is 0.0696. The van der Waals surface area contributed by atoms with E-state index in [-0.39, 0.29) is 5.01 Å². The molecule has 1 aromatic carbocycles. The number of aryl methyl sites for hydroxylation is 2. The Balaban J connectivity index is 2.13. The highest BCUT2D eigenvalue weighted by molar-refractivity contribution is 7.14. The Kier molecular flexibility index (Phi) is 2.56. The predicted molar refractivity (Wildman–Crippen MR) is 68.5 cm³/mol. The summed E-state index contributed by atoms with van der Waals surface area (Å²) in [5.41, 5.74) is 3.02. The standard InChI is InChI=1S/C13H11NO3S/c1-17-8-3-4-9-7(6-8)2-5-10-11(9)14-12(18-10)13(15)16/h3-4,6H,2,5H2,1H3,(H,15,16). The Morgan fingerprint density at radius 3 is 3.00 bits per heavy atom. The van der Waals surface area contributed by atoms with Gasteiger partial charge in [-0.15, -0.1) is 11.3 Å². The molecule has 1 heterocycles. The zero-order valence-electron chi connectivity index (χ0n) is 9.77. The first kappa shape index (κ1) is 11.2. The molecule has 4 nitrogen and oxygen atoms in total. The predicted octanol–water partition coefficient (Wildman–Crippen LogP) is 2.62. The molecule has 2 aromatic rings. The van der Waals surface area contributed by atoms with Crippen LogP contribution in [0.25, 0.3) is 11.3 Å². The molecule has 0 atom stereocenters. The SMILES string of the molecule is COc1ccc2c(c1)CCc1sc(C(=O)O)nc1-2. The number of hydrogen-bond acceptors (Lipinski definition) is 4. The maximum Gasteiger partial charge on any atom is 0.365 e. The number of carboxylic acid groups (broad SMARTS) is 1. The Morgan fingerprint density at radius 2 is 2.28 bits per heavy atom. The average molecular weight is 261 g/mol. The van der Waals surface area contributed by atoms with Crippen LogP contribution in [-0.4, -0.2) is 23.2 Å². The van der Waals surface area contributed by atoms with Gasteiger partial charge in [0.25, 0.3) is 0 Å². The van der Waals surface area contributed by atoms with Gasteiger partial charge in [0.15, 0.2) is 0 Å². The monoisotopic (exact) mass is 261 g/mol. The van der Waals surface area contributed by atoms with Crippen LogP contribution >= 0.6 is 11.3 Å². The summed E-state index contributed by atoms with van der Waals surface area (Å²) in [4.78, 5) is 16.2. The Bertz CT molecular complexity index is 633. The van der Waals surface area contributed by atoms with E-state index in [1.54, 1.807) is 7.11 Å². The van der Waals surface area contributed by atoms with Crippen LogP contribution < -0.4 is 4.74 Å². The van der Waals surface area contributed by atoms with E-state index >= 15 is 0 Å². The lowest BCUT2D eigenvalue weighted by Gasteiger charge is -2.15. The van der Waals surface area contributed by atoms with Gasteiger partial charge < -0.3 is 9.84 Å². The largest absolute Gasteiger partial charge is 0.497 e. The molecule has 3 rings (SSSR count). The van der Waals surface area contributed by atoms with Crippen LogP contribution in [0, 0.1) is 0 Å². The molecule has 0 unspecified atom stereocenters. The number of thiazole rings is 1. The van der Waals surface area contributed by atoms with E-state index in [1.807, 2.05) is 18.2 Å². The van der Waals surface area contributed by atoms with E-state index in [1.165, 1.54) is 16.9 Å². The molecular formula is C13H11NO3S. The van der Waals surface area contributed by atoms with Crippen LogP contribution in [0.1, 0.15) is 20.2 Å². The zero-order chi connectivity index (χ0) is 12.7. The summed E-state index contributed by atoms with van der Waals surface area (Å²) in [7, 11) is 1.64. The minimum absolute atomic E-state index is 0.170. The van der Waals surface area contributed by atoms with Crippen molar-refractivity contribution in [2.45, 2.75) is 12.8 Å². The Morgan fingerprint density at radius 1 is 1.44 bits per heavy atom. The van der Waals surface area contributed by atoms with Crippen LogP contribution in [-0.2, 0) is 12.8 Å². The van der Waals surface area contributed by atoms with Crippen molar-refractivity contribution in [3.63, 3.8) is 0 Å². The number of benzene rings is 1. The van der Waals surface area contributed by atoms with Gasteiger partial charge in [-0.3, -0.25) is 0 Å². The first-order valence-corrected chi connectivity index (χ1v) is 6.41. The van der Waals surface area contributed by atoms with E-state index in [0.717, 1.165) is 34.7 Å². The molecule has 0 fully saturated rings. The van der Waals surface area contributed by atoms with E-state index in [0.29, 0.717) is 0 Å². The number of aromatic nitrogens is 1. The Labute approximate surface area is 108 Å². The highest BCUT2D eigenvalue weighted by Gasteiger charge is 2.23. The molecule has 1 N–H and O–H groups in total. The van der Waals surface area contributed by atoms with E-state index in [2.05, 4.69) is 4.98 Å². The molecule has 1 aliphatic rings. The minimum atomic E-state index is -0.954. The van der Waals surface area contributed by atoms with Gasteiger partial charge in [-0.1, -0.05) is 0 Å². The summed E-state index contributed by atoms with van der Waals surface area (Å²) in [6.45, 7) is 0. The fourth-order valence-electron chi connectivity index (χ4n) is 2.21. The molecular weight excluding hydrogens is 250 g/mol. The number of fused-ring (bicyclic) bond motifs is 3. The topological polar surface area (TPSA) is 59.4 Å². The van der Waals surface area contributed by atoms with Crippen molar-refractivity contribution < 1.29 is 14.6 Å².